The molecule has 1 aliphatic heterocycles. The predicted octanol–water partition coefficient (Wildman–Crippen LogP) is 5.95. The van der Waals surface area contributed by atoms with Crippen molar-refractivity contribution in [3.63, 3.8) is 0 Å². The molecule has 0 aliphatic carbocycles. The average Bonchev–Trinajstić information content (AvgIpc) is 3.53. The maximum atomic E-state index is 13.6. The minimum absolute atomic E-state index is 0.00481. The molecule has 1 saturated heterocycles. The predicted molar refractivity (Wildman–Crippen MR) is 152 cm³/mol. The Morgan fingerprint density at radius 1 is 1.08 bits per heavy atom. The summed E-state index contributed by atoms with van der Waals surface area (Å²) in [6.45, 7) is 8.16. The molecule has 3 heterocycles. The van der Waals surface area contributed by atoms with Crippen LogP contribution in [0.2, 0.25) is 0 Å². The van der Waals surface area contributed by atoms with Crippen LogP contribution < -0.4 is 10.9 Å². The zero-order chi connectivity index (χ0) is 25.1. The average molecular weight is 521 g/mol. The number of thiophene rings is 1. The number of hydrogen-bond acceptors (Lipinski definition) is 6. The number of fused-ring (bicyclic) bond motifs is 3. The first kappa shape index (κ1) is 25.0. The van der Waals surface area contributed by atoms with Crippen molar-refractivity contribution in [3.8, 4) is 0 Å². The third-order valence-corrected chi connectivity index (χ3v) is 8.82. The van der Waals surface area contributed by atoms with Gasteiger partial charge in [0.05, 0.1) is 11.3 Å². The molecule has 1 N–H and O–H groups in total. The first-order valence-electron chi connectivity index (χ1n) is 12.7. The highest BCUT2D eigenvalue weighted by molar-refractivity contribution is 7.99. The fourth-order valence-electron chi connectivity index (χ4n) is 4.70. The van der Waals surface area contributed by atoms with Gasteiger partial charge in [0, 0.05) is 22.3 Å². The number of anilines is 1. The first-order chi connectivity index (χ1) is 17.5. The lowest BCUT2D eigenvalue weighted by Gasteiger charge is -2.16. The number of nitrogens with zero attached hydrogens (tertiary/aromatic N) is 3. The molecule has 36 heavy (non-hydrogen) atoms. The van der Waals surface area contributed by atoms with E-state index in [4.69, 9.17) is 4.98 Å². The van der Waals surface area contributed by atoms with Crippen LogP contribution in [0.3, 0.4) is 0 Å². The van der Waals surface area contributed by atoms with Crippen LogP contribution in [0, 0.1) is 0 Å². The van der Waals surface area contributed by atoms with Crippen LogP contribution in [0.25, 0.3) is 20.3 Å². The number of aromatic nitrogens is 2. The van der Waals surface area contributed by atoms with Crippen molar-refractivity contribution in [2.75, 3.05) is 30.7 Å². The Morgan fingerprint density at radius 3 is 2.58 bits per heavy atom. The number of hydrogen-bond donors (Lipinski definition) is 1. The molecule has 5 rings (SSSR count). The third-order valence-electron chi connectivity index (χ3n) is 6.70. The third kappa shape index (κ3) is 5.51. The Balaban J connectivity index is 1.36. The van der Waals surface area contributed by atoms with E-state index in [1.165, 1.54) is 41.5 Å². The van der Waals surface area contributed by atoms with Crippen LogP contribution in [0.1, 0.15) is 44.6 Å². The lowest BCUT2D eigenvalue weighted by Crippen LogP contribution is -2.27. The van der Waals surface area contributed by atoms with E-state index in [2.05, 4.69) is 24.1 Å². The molecule has 0 bridgehead atoms. The molecule has 1 aliphatic rings. The minimum Gasteiger partial charge on any atom is -0.325 e. The summed E-state index contributed by atoms with van der Waals surface area (Å²) < 4.78 is 3.53. The van der Waals surface area contributed by atoms with Crippen LogP contribution in [-0.2, 0) is 11.3 Å². The van der Waals surface area contributed by atoms with Crippen LogP contribution in [0.15, 0.2) is 58.5 Å². The zero-order valence-electron chi connectivity index (χ0n) is 20.8. The summed E-state index contributed by atoms with van der Waals surface area (Å²) in [5.41, 5.74) is 2.75. The molecule has 0 unspecified atom stereocenters. The molecule has 188 valence electrons. The van der Waals surface area contributed by atoms with Gasteiger partial charge in [0.2, 0.25) is 5.91 Å². The van der Waals surface area contributed by atoms with E-state index in [1.807, 2.05) is 48.5 Å². The molecule has 2 aromatic carbocycles. The van der Waals surface area contributed by atoms with Gasteiger partial charge in [0.1, 0.15) is 4.70 Å². The highest BCUT2D eigenvalue weighted by atomic mass is 32.2. The highest BCUT2D eigenvalue weighted by Gasteiger charge is 2.18. The van der Waals surface area contributed by atoms with Crippen LogP contribution >= 0.6 is 23.1 Å². The second-order valence-corrected chi connectivity index (χ2v) is 11.6. The number of amides is 1. The van der Waals surface area contributed by atoms with Gasteiger partial charge in [-0.1, -0.05) is 55.9 Å². The topological polar surface area (TPSA) is 67.2 Å². The van der Waals surface area contributed by atoms with Crippen molar-refractivity contribution in [2.45, 2.75) is 50.7 Å². The smallest absolute Gasteiger partial charge is 0.272 e. The molecular formula is C28H32N4O2S2. The van der Waals surface area contributed by atoms with Crippen LogP contribution in [0.5, 0.6) is 0 Å². The van der Waals surface area contributed by atoms with Crippen LogP contribution in [0.4, 0.5) is 5.69 Å². The maximum Gasteiger partial charge on any atom is 0.272 e. The Morgan fingerprint density at radius 2 is 1.83 bits per heavy atom. The van der Waals surface area contributed by atoms with Gasteiger partial charge in [-0.2, -0.15) is 0 Å². The van der Waals surface area contributed by atoms with E-state index >= 15 is 0 Å². The maximum absolute atomic E-state index is 13.6. The van der Waals surface area contributed by atoms with E-state index in [0.29, 0.717) is 22.3 Å². The molecule has 1 fully saturated rings. The van der Waals surface area contributed by atoms with Crippen molar-refractivity contribution in [3.05, 3.63) is 64.4 Å². The molecule has 6 nitrogen and oxygen atoms in total. The van der Waals surface area contributed by atoms with Crippen molar-refractivity contribution in [1.29, 1.82) is 0 Å². The summed E-state index contributed by atoms with van der Waals surface area (Å²) in [5.74, 6) is 0.532. The standard InChI is InChI=1S/C28H32N4O2S2/c1-19(2)20-10-12-21(13-11-20)29-24(33)18-35-28-30-25-22-8-3-4-9-23(22)36-26(25)27(34)32(28)17-7-16-31-14-5-6-15-31/h3-4,8-13,19H,5-7,14-18H2,1-2H3,(H,29,33). The molecule has 0 radical (unpaired) electrons. The monoisotopic (exact) mass is 520 g/mol. The highest BCUT2D eigenvalue weighted by Crippen LogP contribution is 2.32. The Labute approximate surface area is 219 Å². The largest absolute Gasteiger partial charge is 0.325 e. The van der Waals surface area contributed by atoms with E-state index in [1.54, 1.807) is 4.57 Å². The molecule has 4 aromatic rings. The van der Waals surface area contributed by atoms with Gasteiger partial charge in [-0.15, -0.1) is 11.3 Å². The number of likely N-dealkylation sites (tertiary alicyclic amines) is 1. The van der Waals surface area contributed by atoms with Crippen molar-refractivity contribution in [1.82, 2.24) is 14.5 Å². The fraction of sp³-hybridized carbons (Fsp3) is 0.393. The number of carbonyl (C=O) groups is 1. The molecule has 1 amide bonds. The number of benzene rings is 2. The normalized spacial score (nSPS) is 14.3. The van der Waals surface area contributed by atoms with E-state index in [-0.39, 0.29) is 17.2 Å². The van der Waals surface area contributed by atoms with Crippen molar-refractivity contribution < 1.29 is 4.79 Å². The summed E-state index contributed by atoms with van der Waals surface area (Å²) in [7, 11) is 0. The van der Waals surface area contributed by atoms with E-state index in [0.717, 1.165) is 47.3 Å². The summed E-state index contributed by atoms with van der Waals surface area (Å²) >= 11 is 2.84. The second kappa shape index (κ2) is 11.2. The molecule has 2 aromatic heterocycles. The summed E-state index contributed by atoms with van der Waals surface area (Å²) in [6.07, 6.45) is 3.40. The molecule has 0 spiro atoms. The molecular weight excluding hydrogens is 488 g/mol. The van der Waals surface area contributed by atoms with Crippen molar-refractivity contribution in [2.24, 2.45) is 0 Å². The summed E-state index contributed by atoms with van der Waals surface area (Å²) in [4.78, 5) is 33.7. The van der Waals surface area contributed by atoms with Gasteiger partial charge in [-0.25, -0.2) is 4.98 Å². The van der Waals surface area contributed by atoms with Gasteiger partial charge in [0.15, 0.2) is 5.16 Å². The van der Waals surface area contributed by atoms with Crippen LogP contribution in [-0.4, -0.2) is 45.7 Å². The zero-order valence-corrected chi connectivity index (χ0v) is 22.5. The number of thioether (sulfide) groups is 1. The summed E-state index contributed by atoms with van der Waals surface area (Å²) in [5, 5.41) is 4.58. The lowest BCUT2D eigenvalue weighted by atomic mass is 10.0. The van der Waals surface area contributed by atoms with Gasteiger partial charge < -0.3 is 10.2 Å². The lowest BCUT2D eigenvalue weighted by molar-refractivity contribution is -0.113. The van der Waals surface area contributed by atoms with Gasteiger partial charge in [-0.3, -0.25) is 14.2 Å². The molecule has 0 saturated carbocycles. The number of carbonyl (C=O) groups excluding carboxylic acids is 1. The van der Waals surface area contributed by atoms with Gasteiger partial charge >= 0.3 is 0 Å². The van der Waals surface area contributed by atoms with E-state index in [9.17, 15) is 9.59 Å². The van der Waals surface area contributed by atoms with Crippen molar-refractivity contribution >= 4 is 55.0 Å². The fourth-order valence-corrected chi connectivity index (χ4v) is 6.61. The molecule has 0 atom stereocenters. The quantitative estimate of drug-likeness (QED) is 0.218. The Bertz CT molecular complexity index is 1420. The minimum atomic E-state index is -0.106. The van der Waals surface area contributed by atoms with E-state index < -0.39 is 0 Å². The van der Waals surface area contributed by atoms with Gasteiger partial charge in [0.25, 0.3) is 5.56 Å². The van der Waals surface area contributed by atoms with Gasteiger partial charge in [-0.05, 0) is 68.6 Å². The Kier molecular flexibility index (Phi) is 7.74. The summed E-state index contributed by atoms with van der Waals surface area (Å²) in [6, 6.07) is 16.0. The number of nitrogens with one attached hydrogen (secondary N) is 1. The first-order valence-corrected chi connectivity index (χ1v) is 14.5. The SMILES string of the molecule is CC(C)c1ccc(NC(=O)CSc2nc3c(sc4ccccc43)c(=O)n2CCCN2CCCC2)cc1. The molecule has 8 heteroatoms. The Hall–Kier alpha value is -2.68. The number of rotatable bonds is 9. The second-order valence-electron chi connectivity index (χ2n) is 9.64.